The van der Waals surface area contributed by atoms with E-state index in [1.54, 1.807) is 0 Å². The fourth-order valence-corrected chi connectivity index (χ4v) is 1.37. The monoisotopic (exact) mass is 235 g/mol. The molecule has 0 spiro atoms. The Balaban J connectivity index is 2.54. The number of carbonyl (C=O) groups is 1. The minimum Gasteiger partial charge on any atom is -0.477 e. The van der Waals surface area contributed by atoms with Gasteiger partial charge in [-0.1, -0.05) is 0 Å². The number of carboxylic acid groups (broad SMARTS) is 1. The molecule has 3 nitrogen and oxygen atoms in total. The summed E-state index contributed by atoms with van der Waals surface area (Å²) in [5, 5.41) is 8.75. The van der Waals surface area contributed by atoms with Crippen LogP contribution in [0.4, 0.5) is 8.78 Å². The molecule has 1 N–H and O–H groups in total. The van der Waals surface area contributed by atoms with E-state index in [0.717, 1.165) is 24.3 Å². The van der Waals surface area contributed by atoms with Gasteiger partial charge in [0.05, 0.1) is 0 Å². The van der Waals surface area contributed by atoms with Crippen molar-refractivity contribution in [3.63, 3.8) is 0 Å². The molecule has 1 heterocycles. The average molecular weight is 235 g/mol. The van der Waals surface area contributed by atoms with Crippen molar-refractivity contribution in [2.24, 2.45) is 0 Å². The number of benzene rings is 1. The molecule has 86 valence electrons. The molecule has 0 fully saturated rings. The lowest BCUT2D eigenvalue weighted by Crippen LogP contribution is -2.02. The zero-order valence-electron chi connectivity index (χ0n) is 8.52. The Morgan fingerprint density at radius 2 is 1.71 bits per heavy atom. The molecular weight excluding hydrogens is 228 g/mol. The van der Waals surface area contributed by atoms with Crippen molar-refractivity contribution in [2.45, 2.75) is 0 Å². The highest BCUT2D eigenvalue weighted by atomic mass is 19.1. The maximum absolute atomic E-state index is 13.5. The lowest BCUT2D eigenvalue weighted by molar-refractivity contribution is 0.0690. The zero-order chi connectivity index (χ0) is 12.4. The molecule has 0 saturated heterocycles. The fraction of sp³-hybridized carbons (Fsp3) is 0. The second-order valence-electron chi connectivity index (χ2n) is 3.34. The van der Waals surface area contributed by atoms with Crippen molar-refractivity contribution in [1.82, 2.24) is 4.98 Å². The van der Waals surface area contributed by atoms with Gasteiger partial charge in [0.1, 0.15) is 23.0 Å². The zero-order valence-corrected chi connectivity index (χ0v) is 8.52. The average Bonchev–Trinajstić information content (AvgIpc) is 2.31. The van der Waals surface area contributed by atoms with Crippen LogP contribution in [0.15, 0.2) is 36.4 Å². The highest BCUT2D eigenvalue weighted by molar-refractivity contribution is 5.86. The van der Waals surface area contributed by atoms with E-state index in [-0.39, 0.29) is 11.4 Å². The molecule has 2 aromatic rings. The van der Waals surface area contributed by atoms with E-state index in [1.165, 1.54) is 12.1 Å². The van der Waals surface area contributed by atoms with Crippen LogP contribution in [0.3, 0.4) is 0 Å². The highest BCUT2D eigenvalue weighted by Gasteiger charge is 2.11. The lowest BCUT2D eigenvalue weighted by atomic mass is 10.1. The van der Waals surface area contributed by atoms with E-state index >= 15 is 0 Å². The normalized spacial score (nSPS) is 10.2. The molecule has 0 aliphatic rings. The second-order valence-corrected chi connectivity index (χ2v) is 3.34. The summed E-state index contributed by atoms with van der Waals surface area (Å²) >= 11 is 0. The minimum atomic E-state index is -1.24. The summed E-state index contributed by atoms with van der Waals surface area (Å²) in [6, 6.07) is 7.09. The van der Waals surface area contributed by atoms with Crippen LogP contribution in [-0.2, 0) is 0 Å². The van der Waals surface area contributed by atoms with Crippen LogP contribution in [0.2, 0.25) is 0 Å². The van der Waals surface area contributed by atoms with Gasteiger partial charge < -0.3 is 5.11 Å². The third-order valence-electron chi connectivity index (χ3n) is 2.18. The van der Waals surface area contributed by atoms with E-state index in [4.69, 9.17) is 5.11 Å². The first-order chi connectivity index (χ1) is 8.08. The van der Waals surface area contributed by atoms with Gasteiger partial charge in [-0.15, -0.1) is 0 Å². The summed E-state index contributed by atoms with van der Waals surface area (Å²) in [7, 11) is 0. The van der Waals surface area contributed by atoms with E-state index in [2.05, 4.69) is 4.98 Å². The van der Waals surface area contributed by atoms with Gasteiger partial charge in [-0.2, -0.15) is 0 Å². The van der Waals surface area contributed by atoms with Gasteiger partial charge in [0.25, 0.3) is 0 Å². The molecule has 0 atom stereocenters. The summed E-state index contributed by atoms with van der Waals surface area (Å²) in [6.07, 6.45) is 0. The summed E-state index contributed by atoms with van der Waals surface area (Å²) in [6.45, 7) is 0. The summed E-state index contributed by atoms with van der Waals surface area (Å²) < 4.78 is 26.2. The summed E-state index contributed by atoms with van der Waals surface area (Å²) in [5.41, 5.74) is -0.0392. The summed E-state index contributed by atoms with van der Waals surface area (Å²) in [4.78, 5) is 14.4. The van der Waals surface area contributed by atoms with Crippen LogP contribution < -0.4 is 0 Å². The molecule has 2 rings (SSSR count). The maximum Gasteiger partial charge on any atom is 0.354 e. The highest BCUT2D eigenvalue weighted by Crippen LogP contribution is 2.21. The van der Waals surface area contributed by atoms with E-state index in [1.807, 2.05) is 0 Å². The van der Waals surface area contributed by atoms with Crippen molar-refractivity contribution in [3.8, 4) is 11.3 Å². The lowest BCUT2D eigenvalue weighted by Gasteiger charge is -2.03. The maximum atomic E-state index is 13.5. The summed E-state index contributed by atoms with van der Waals surface area (Å²) in [5.74, 6) is -2.35. The Labute approximate surface area is 95.4 Å². The standard InChI is InChI=1S/C12H7F2NO2/c13-8-3-1-7(2-4-8)11-9(14)5-6-10(15-11)12(16)17/h1-6H,(H,16,17). The van der Waals surface area contributed by atoms with Crippen LogP contribution in [0.25, 0.3) is 11.3 Å². The van der Waals surface area contributed by atoms with Crippen LogP contribution >= 0.6 is 0 Å². The van der Waals surface area contributed by atoms with E-state index < -0.39 is 17.6 Å². The largest absolute Gasteiger partial charge is 0.477 e. The van der Waals surface area contributed by atoms with Gasteiger partial charge in [0.15, 0.2) is 0 Å². The predicted octanol–water partition coefficient (Wildman–Crippen LogP) is 2.73. The number of halogens is 2. The molecule has 0 bridgehead atoms. The van der Waals surface area contributed by atoms with Crippen LogP contribution in [-0.4, -0.2) is 16.1 Å². The third-order valence-corrected chi connectivity index (χ3v) is 2.18. The molecule has 0 unspecified atom stereocenters. The Morgan fingerprint density at radius 3 is 2.29 bits per heavy atom. The predicted molar refractivity (Wildman–Crippen MR) is 56.5 cm³/mol. The van der Waals surface area contributed by atoms with Crippen molar-refractivity contribution in [3.05, 3.63) is 53.7 Å². The number of nitrogens with zero attached hydrogens (tertiary/aromatic N) is 1. The Hall–Kier alpha value is -2.30. The molecule has 1 aromatic heterocycles. The van der Waals surface area contributed by atoms with Crippen LogP contribution in [0.5, 0.6) is 0 Å². The smallest absolute Gasteiger partial charge is 0.354 e. The molecule has 1 aromatic carbocycles. The Kier molecular flexibility index (Phi) is 2.82. The van der Waals surface area contributed by atoms with Gasteiger partial charge in [-0.25, -0.2) is 18.6 Å². The van der Waals surface area contributed by atoms with Crippen molar-refractivity contribution >= 4 is 5.97 Å². The molecule has 0 radical (unpaired) electrons. The quantitative estimate of drug-likeness (QED) is 0.870. The number of carboxylic acids is 1. The van der Waals surface area contributed by atoms with Crippen molar-refractivity contribution in [2.75, 3.05) is 0 Å². The first-order valence-electron chi connectivity index (χ1n) is 4.73. The molecule has 17 heavy (non-hydrogen) atoms. The Bertz CT molecular complexity index is 567. The number of hydrogen-bond donors (Lipinski definition) is 1. The first kappa shape index (κ1) is 11.2. The molecule has 0 aliphatic heterocycles. The second kappa shape index (κ2) is 4.29. The number of pyridine rings is 1. The van der Waals surface area contributed by atoms with Crippen molar-refractivity contribution < 1.29 is 18.7 Å². The fourth-order valence-electron chi connectivity index (χ4n) is 1.37. The minimum absolute atomic E-state index is 0.107. The third kappa shape index (κ3) is 2.28. The Morgan fingerprint density at radius 1 is 1.06 bits per heavy atom. The van der Waals surface area contributed by atoms with E-state index in [9.17, 15) is 13.6 Å². The first-order valence-corrected chi connectivity index (χ1v) is 4.73. The molecule has 5 heteroatoms. The molecule has 0 amide bonds. The number of rotatable bonds is 2. The molecule has 0 aliphatic carbocycles. The van der Waals surface area contributed by atoms with Gasteiger partial charge in [-0.05, 0) is 36.4 Å². The topological polar surface area (TPSA) is 50.2 Å². The van der Waals surface area contributed by atoms with Gasteiger partial charge in [0, 0.05) is 5.56 Å². The number of aromatic nitrogens is 1. The van der Waals surface area contributed by atoms with E-state index in [0.29, 0.717) is 5.56 Å². The van der Waals surface area contributed by atoms with Gasteiger partial charge in [0.2, 0.25) is 0 Å². The van der Waals surface area contributed by atoms with Gasteiger partial charge in [-0.3, -0.25) is 0 Å². The van der Waals surface area contributed by atoms with Crippen molar-refractivity contribution in [1.29, 1.82) is 0 Å². The van der Waals surface area contributed by atoms with Crippen LogP contribution in [0.1, 0.15) is 10.5 Å². The van der Waals surface area contributed by atoms with Crippen LogP contribution in [0, 0.1) is 11.6 Å². The number of aromatic carboxylic acids is 1. The molecule has 0 saturated carbocycles. The van der Waals surface area contributed by atoms with Gasteiger partial charge >= 0.3 is 5.97 Å². The number of hydrogen-bond acceptors (Lipinski definition) is 2. The molecular formula is C12H7F2NO2. The SMILES string of the molecule is O=C(O)c1ccc(F)c(-c2ccc(F)cc2)n1.